The van der Waals surface area contributed by atoms with Crippen molar-refractivity contribution < 1.29 is 0 Å². The standard InChI is InChI=1S/C9H18N2/c1-11-6-8(10)5-9(11)4-7-2-3-7/h7-9H,2-6,10H2,1H3. The molecule has 1 saturated heterocycles. The number of likely N-dealkylation sites (N-methyl/N-ethyl adjacent to an activating group) is 1. The van der Waals surface area contributed by atoms with Crippen molar-refractivity contribution in [2.24, 2.45) is 11.7 Å². The van der Waals surface area contributed by atoms with Gasteiger partial charge in [0.15, 0.2) is 0 Å². The molecule has 1 aliphatic carbocycles. The van der Waals surface area contributed by atoms with E-state index in [4.69, 9.17) is 5.73 Å². The predicted molar refractivity (Wildman–Crippen MR) is 46.4 cm³/mol. The van der Waals surface area contributed by atoms with Crippen LogP contribution < -0.4 is 5.73 Å². The Labute approximate surface area is 68.7 Å². The van der Waals surface area contributed by atoms with E-state index in [1.54, 1.807) is 0 Å². The smallest absolute Gasteiger partial charge is 0.0182 e. The van der Waals surface area contributed by atoms with Crippen molar-refractivity contribution in [3.63, 3.8) is 0 Å². The number of likely N-dealkylation sites (tertiary alicyclic amines) is 1. The molecule has 2 unspecified atom stereocenters. The van der Waals surface area contributed by atoms with Crippen LogP contribution in [0.1, 0.15) is 25.7 Å². The third-order valence-electron chi connectivity index (χ3n) is 3.02. The van der Waals surface area contributed by atoms with E-state index in [2.05, 4.69) is 11.9 Å². The van der Waals surface area contributed by atoms with Gasteiger partial charge in [-0.1, -0.05) is 12.8 Å². The number of nitrogens with zero attached hydrogens (tertiary/aromatic N) is 1. The number of nitrogens with two attached hydrogens (primary N) is 1. The van der Waals surface area contributed by atoms with Crippen LogP contribution in [0.4, 0.5) is 0 Å². The molecule has 0 amide bonds. The van der Waals surface area contributed by atoms with E-state index in [1.165, 1.54) is 25.7 Å². The van der Waals surface area contributed by atoms with Crippen LogP contribution in [0.2, 0.25) is 0 Å². The molecule has 2 N–H and O–H groups in total. The van der Waals surface area contributed by atoms with Gasteiger partial charge >= 0.3 is 0 Å². The van der Waals surface area contributed by atoms with Crippen LogP contribution in [0, 0.1) is 5.92 Å². The van der Waals surface area contributed by atoms with E-state index >= 15 is 0 Å². The maximum absolute atomic E-state index is 5.87. The quantitative estimate of drug-likeness (QED) is 0.638. The highest BCUT2D eigenvalue weighted by molar-refractivity contribution is 4.89. The molecular weight excluding hydrogens is 136 g/mol. The van der Waals surface area contributed by atoms with E-state index in [-0.39, 0.29) is 0 Å². The van der Waals surface area contributed by atoms with Crippen molar-refractivity contribution in [3.8, 4) is 0 Å². The molecule has 1 saturated carbocycles. The minimum atomic E-state index is 0.448. The van der Waals surface area contributed by atoms with Crippen LogP contribution in [0.5, 0.6) is 0 Å². The molecule has 0 aromatic rings. The Morgan fingerprint density at radius 1 is 1.45 bits per heavy atom. The normalized spacial score (nSPS) is 39.8. The monoisotopic (exact) mass is 154 g/mol. The highest BCUT2D eigenvalue weighted by Crippen LogP contribution is 2.36. The molecule has 64 valence electrons. The molecule has 0 bridgehead atoms. The summed E-state index contributed by atoms with van der Waals surface area (Å²) in [7, 11) is 2.21. The van der Waals surface area contributed by atoms with Crippen LogP contribution in [-0.4, -0.2) is 30.6 Å². The predicted octanol–water partition coefficient (Wildman–Crippen LogP) is 0.818. The van der Waals surface area contributed by atoms with E-state index in [0.29, 0.717) is 6.04 Å². The van der Waals surface area contributed by atoms with Crippen LogP contribution in [-0.2, 0) is 0 Å². The summed E-state index contributed by atoms with van der Waals surface area (Å²) >= 11 is 0. The van der Waals surface area contributed by atoms with Crippen LogP contribution in [0.15, 0.2) is 0 Å². The Balaban J connectivity index is 1.82. The maximum atomic E-state index is 5.87. The highest BCUT2D eigenvalue weighted by Gasteiger charge is 2.32. The molecule has 2 heteroatoms. The van der Waals surface area contributed by atoms with Gasteiger partial charge in [0.05, 0.1) is 0 Å². The van der Waals surface area contributed by atoms with Crippen molar-refractivity contribution in [3.05, 3.63) is 0 Å². The maximum Gasteiger partial charge on any atom is 0.0182 e. The van der Waals surface area contributed by atoms with Crippen molar-refractivity contribution in [1.82, 2.24) is 4.90 Å². The van der Waals surface area contributed by atoms with Crippen molar-refractivity contribution in [1.29, 1.82) is 0 Å². The van der Waals surface area contributed by atoms with E-state index in [0.717, 1.165) is 18.5 Å². The Hall–Kier alpha value is -0.0800. The van der Waals surface area contributed by atoms with Gasteiger partial charge in [0.2, 0.25) is 0 Å². The third-order valence-corrected chi connectivity index (χ3v) is 3.02. The lowest BCUT2D eigenvalue weighted by molar-refractivity contribution is 0.286. The molecule has 0 aromatic carbocycles. The summed E-state index contributed by atoms with van der Waals surface area (Å²) in [5, 5.41) is 0. The van der Waals surface area contributed by atoms with Gasteiger partial charge in [-0.3, -0.25) is 0 Å². The zero-order valence-corrected chi connectivity index (χ0v) is 7.29. The fourth-order valence-electron chi connectivity index (χ4n) is 2.14. The minimum absolute atomic E-state index is 0.448. The Kier molecular flexibility index (Phi) is 1.90. The molecule has 2 aliphatic rings. The molecule has 11 heavy (non-hydrogen) atoms. The number of rotatable bonds is 2. The van der Waals surface area contributed by atoms with Gasteiger partial charge in [0.25, 0.3) is 0 Å². The minimum Gasteiger partial charge on any atom is -0.326 e. The first-order chi connectivity index (χ1) is 5.25. The van der Waals surface area contributed by atoms with Gasteiger partial charge in [-0.05, 0) is 25.8 Å². The van der Waals surface area contributed by atoms with Gasteiger partial charge in [-0.25, -0.2) is 0 Å². The summed E-state index contributed by atoms with van der Waals surface area (Å²) in [5.74, 6) is 1.05. The zero-order valence-electron chi connectivity index (χ0n) is 7.29. The number of hydrogen-bond donors (Lipinski definition) is 1. The van der Waals surface area contributed by atoms with Gasteiger partial charge < -0.3 is 10.6 Å². The largest absolute Gasteiger partial charge is 0.326 e. The van der Waals surface area contributed by atoms with Crippen molar-refractivity contribution in [2.45, 2.75) is 37.8 Å². The fraction of sp³-hybridized carbons (Fsp3) is 1.00. The molecule has 2 nitrogen and oxygen atoms in total. The van der Waals surface area contributed by atoms with Gasteiger partial charge in [0.1, 0.15) is 0 Å². The van der Waals surface area contributed by atoms with Gasteiger partial charge in [0, 0.05) is 18.6 Å². The van der Waals surface area contributed by atoms with Crippen LogP contribution in [0.3, 0.4) is 0 Å². The molecule has 1 heterocycles. The first kappa shape index (κ1) is 7.56. The second-order valence-electron chi connectivity index (χ2n) is 4.27. The SMILES string of the molecule is CN1CC(N)CC1CC1CC1. The lowest BCUT2D eigenvalue weighted by Gasteiger charge is -2.18. The highest BCUT2D eigenvalue weighted by atomic mass is 15.2. The topological polar surface area (TPSA) is 29.3 Å². The Morgan fingerprint density at radius 3 is 2.64 bits per heavy atom. The lowest BCUT2D eigenvalue weighted by Crippen LogP contribution is -2.26. The molecular formula is C9H18N2. The summed E-state index contributed by atoms with van der Waals surface area (Å²) in [5.41, 5.74) is 5.87. The zero-order chi connectivity index (χ0) is 7.84. The van der Waals surface area contributed by atoms with Gasteiger partial charge in [-0.15, -0.1) is 0 Å². The molecule has 2 fully saturated rings. The summed E-state index contributed by atoms with van der Waals surface area (Å²) < 4.78 is 0. The van der Waals surface area contributed by atoms with Crippen molar-refractivity contribution in [2.75, 3.05) is 13.6 Å². The Morgan fingerprint density at radius 2 is 2.18 bits per heavy atom. The molecule has 0 spiro atoms. The Bertz CT molecular complexity index is 142. The average Bonchev–Trinajstić information content (AvgIpc) is 2.64. The molecule has 1 aliphatic heterocycles. The lowest BCUT2D eigenvalue weighted by atomic mass is 10.1. The first-order valence-electron chi connectivity index (χ1n) is 4.71. The fourth-order valence-corrected chi connectivity index (χ4v) is 2.14. The summed E-state index contributed by atoms with van der Waals surface area (Å²) in [6.45, 7) is 1.11. The van der Waals surface area contributed by atoms with Gasteiger partial charge in [-0.2, -0.15) is 0 Å². The van der Waals surface area contributed by atoms with Crippen molar-refractivity contribution >= 4 is 0 Å². The molecule has 0 radical (unpaired) electrons. The summed E-state index contributed by atoms with van der Waals surface area (Å²) in [4.78, 5) is 2.43. The van der Waals surface area contributed by atoms with E-state index in [9.17, 15) is 0 Å². The summed E-state index contributed by atoms with van der Waals surface area (Å²) in [6.07, 6.45) is 5.58. The first-order valence-corrected chi connectivity index (χ1v) is 4.71. The second kappa shape index (κ2) is 2.76. The molecule has 2 atom stereocenters. The third kappa shape index (κ3) is 1.74. The molecule has 0 aromatic heterocycles. The molecule has 2 rings (SSSR count). The van der Waals surface area contributed by atoms with Crippen LogP contribution >= 0.6 is 0 Å². The second-order valence-corrected chi connectivity index (χ2v) is 4.27. The number of hydrogen-bond acceptors (Lipinski definition) is 2. The van der Waals surface area contributed by atoms with E-state index in [1.807, 2.05) is 0 Å². The average molecular weight is 154 g/mol. The van der Waals surface area contributed by atoms with E-state index < -0.39 is 0 Å². The van der Waals surface area contributed by atoms with Crippen LogP contribution in [0.25, 0.3) is 0 Å². The summed E-state index contributed by atoms with van der Waals surface area (Å²) in [6, 6.07) is 1.25.